The summed E-state index contributed by atoms with van der Waals surface area (Å²) in [7, 11) is 5.64. The number of methoxy groups -OCH3 is 1. The molecule has 1 fully saturated rings. The monoisotopic (exact) mass is 570 g/mol. The fraction of sp³-hybridized carbons (Fsp3) is 0.323. The van der Waals surface area contributed by atoms with E-state index in [0.29, 0.717) is 40.5 Å². The molecule has 0 saturated carbocycles. The zero-order valence-electron chi connectivity index (χ0n) is 24.8. The number of benzene rings is 2. The Morgan fingerprint density at radius 3 is 2.43 bits per heavy atom. The Morgan fingerprint density at radius 2 is 1.79 bits per heavy atom. The standard InChI is InChI=1S/C28H34N8O2.C3H4O/c1-18(2)25-27(37)36(21-8-6-7-19(15-21)29-3)26-23(31-25)17-30-28(33-26)32-22-10-9-20(16-24(22)38-5)35-13-11-34(4)12-14-35;1-2-3-4/h6-10,15-18,29H,11-14H2,1-5H3,(H,30,32,33);2-3H,1H2. The van der Waals surface area contributed by atoms with Crippen LogP contribution in [0.5, 0.6) is 5.75 Å². The minimum atomic E-state index is -0.195. The predicted octanol–water partition coefficient (Wildman–Crippen LogP) is 4.22. The number of anilines is 4. The van der Waals surface area contributed by atoms with Crippen LogP contribution >= 0.6 is 0 Å². The first-order valence-electron chi connectivity index (χ1n) is 13.8. The molecule has 1 aliphatic rings. The van der Waals surface area contributed by atoms with Crippen molar-refractivity contribution in [3.05, 3.63) is 77.4 Å². The quantitative estimate of drug-likeness (QED) is 0.236. The van der Waals surface area contributed by atoms with Crippen molar-refractivity contribution < 1.29 is 9.53 Å². The van der Waals surface area contributed by atoms with Crippen LogP contribution in [-0.4, -0.2) is 78.1 Å². The number of carbonyl (C=O) groups excluding carboxylic acids is 1. The van der Waals surface area contributed by atoms with Crippen molar-refractivity contribution in [3.8, 4) is 11.4 Å². The second-order valence-electron chi connectivity index (χ2n) is 10.2. The Hall–Kier alpha value is -4.77. The van der Waals surface area contributed by atoms with E-state index in [-0.39, 0.29) is 11.5 Å². The molecule has 0 atom stereocenters. The van der Waals surface area contributed by atoms with Gasteiger partial charge in [-0.2, -0.15) is 4.98 Å². The first kappa shape index (κ1) is 30.2. The van der Waals surface area contributed by atoms with Gasteiger partial charge in [0.25, 0.3) is 5.56 Å². The molecule has 42 heavy (non-hydrogen) atoms. The lowest BCUT2D eigenvalue weighted by atomic mass is 10.1. The molecule has 0 amide bonds. The largest absolute Gasteiger partial charge is 0.494 e. The molecule has 0 bridgehead atoms. The van der Waals surface area contributed by atoms with Gasteiger partial charge >= 0.3 is 0 Å². The minimum absolute atomic E-state index is 0.0495. The number of aromatic nitrogens is 4. The van der Waals surface area contributed by atoms with Crippen LogP contribution in [0.1, 0.15) is 25.5 Å². The Balaban J connectivity index is 0.000000952. The summed E-state index contributed by atoms with van der Waals surface area (Å²) >= 11 is 0. The lowest BCUT2D eigenvalue weighted by molar-refractivity contribution is -0.104. The van der Waals surface area contributed by atoms with Gasteiger partial charge in [-0.3, -0.25) is 14.2 Å². The number of fused-ring (bicyclic) bond motifs is 1. The molecule has 11 nitrogen and oxygen atoms in total. The van der Waals surface area contributed by atoms with E-state index in [1.54, 1.807) is 17.9 Å². The Bertz CT molecular complexity index is 1600. The van der Waals surface area contributed by atoms with Crippen molar-refractivity contribution in [3.63, 3.8) is 0 Å². The zero-order chi connectivity index (χ0) is 30.2. The van der Waals surface area contributed by atoms with Crippen molar-refractivity contribution in [1.82, 2.24) is 24.4 Å². The van der Waals surface area contributed by atoms with Crippen LogP contribution in [0, 0.1) is 0 Å². The van der Waals surface area contributed by atoms with Gasteiger partial charge in [0.05, 0.1) is 24.7 Å². The SMILES string of the molecule is C=CC=O.CNc1cccc(-n2c(=O)c(C(C)C)nc3cnc(Nc4ccc(N5CCN(C)CC5)cc4OC)nc32)c1. The molecule has 2 aromatic heterocycles. The van der Waals surface area contributed by atoms with E-state index in [4.69, 9.17) is 14.5 Å². The van der Waals surface area contributed by atoms with Gasteiger partial charge in [0.15, 0.2) is 5.65 Å². The molecule has 220 valence electrons. The maximum Gasteiger partial charge on any atom is 0.278 e. The second-order valence-corrected chi connectivity index (χ2v) is 10.2. The van der Waals surface area contributed by atoms with E-state index < -0.39 is 0 Å². The molecule has 0 radical (unpaired) electrons. The number of likely N-dealkylation sites (N-methyl/N-ethyl adjacent to an activating group) is 1. The van der Waals surface area contributed by atoms with Crippen molar-refractivity contribution in [2.75, 3.05) is 62.9 Å². The Kier molecular flexibility index (Phi) is 9.87. The first-order valence-corrected chi connectivity index (χ1v) is 13.8. The van der Waals surface area contributed by atoms with Crippen LogP contribution < -0.4 is 25.8 Å². The minimum Gasteiger partial charge on any atom is -0.494 e. The van der Waals surface area contributed by atoms with E-state index >= 15 is 0 Å². The molecule has 5 rings (SSSR count). The number of rotatable bonds is 8. The van der Waals surface area contributed by atoms with Crippen molar-refractivity contribution >= 4 is 40.5 Å². The summed E-state index contributed by atoms with van der Waals surface area (Å²) in [6.07, 6.45) is 3.49. The topological polar surface area (TPSA) is 118 Å². The number of carbonyl (C=O) groups is 1. The molecule has 0 spiro atoms. The lowest BCUT2D eigenvalue weighted by Crippen LogP contribution is -2.44. The summed E-state index contributed by atoms with van der Waals surface area (Å²) in [5.74, 6) is 0.990. The fourth-order valence-electron chi connectivity index (χ4n) is 4.64. The van der Waals surface area contributed by atoms with Gasteiger partial charge in [0, 0.05) is 56.6 Å². The molecule has 4 aromatic rings. The summed E-state index contributed by atoms with van der Waals surface area (Å²) in [6.45, 7) is 11.0. The maximum absolute atomic E-state index is 13.6. The van der Waals surface area contributed by atoms with E-state index in [1.807, 2.05) is 57.3 Å². The lowest BCUT2D eigenvalue weighted by Gasteiger charge is -2.34. The third-order valence-electron chi connectivity index (χ3n) is 6.96. The first-order chi connectivity index (χ1) is 20.3. The van der Waals surface area contributed by atoms with Crippen LogP contribution in [0.15, 0.2) is 66.1 Å². The van der Waals surface area contributed by atoms with Crippen LogP contribution in [-0.2, 0) is 4.79 Å². The highest BCUT2D eigenvalue weighted by atomic mass is 16.5. The molecule has 0 unspecified atom stereocenters. The number of nitrogens with zero attached hydrogens (tertiary/aromatic N) is 6. The van der Waals surface area contributed by atoms with Crippen LogP contribution in [0.2, 0.25) is 0 Å². The number of hydrogen-bond acceptors (Lipinski definition) is 10. The number of ether oxygens (including phenoxy) is 1. The Labute approximate surface area is 245 Å². The molecule has 0 aliphatic carbocycles. The molecule has 2 N–H and O–H groups in total. The number of piperazine rings is 1. The predicted molar refractivity (Wildman–Crippen MR) is 169 cm³/mol. The molecule has 1 saturated heterocycles. The third kappa shape index (κ3) is 6.74. The second kappa shape index (κ2) is 13.7. The van der Waals surface area contributed by atoms with E-state index in [1.165, 1.54) is 6.08 Å². The number of nitrogens with one attached hydrogen (secondary N) is 2. The van der Waals surface area contributed by atoms with Crippen LogP contribution in [0.4, 0.5) is 23.0 Å². The van der Waals surface area contributed by atoms with Gasteiger partial charge in [-0.05, 0) is 43.5 Å². The summed E-state index contributed by atoms with van der Waals surface area (Å²) in [5, 5.41) is 6.41. The number of aldehydes is 1. The smallest absolute Gasteiger partial charge is 0.278 e. The van der Waals surface area contributed by atoms with E-state index in [0.717, 1.165) is 43.2 Å². The van der Waals surface area contributed by atoms with Crippen molar-refractivity contribution in [1.29, 1.82) is 0 Å². The van der Waals surface area contributed by atoms with Crippen molar-refractivity contribution in [2.45, 2.75) is 19.8 Å². The highest BCUT2D eigenvalue weighted by Gasteiger charge is 2.19. The number of hydrogen-bond donors (Lipinski definition) is 2. The van der Waals surface area contributed by atoms with Gasteiger partial charge in [0.1, 0.15) is 23.2 Å². The Morgan fingerprint density at radius 1 is 1.05 bits per heavy atom. The van der Waals surface area contributed by atoms with Crippen LogP contribution in [0.25, 0.3) is 16.9 Å². The number of allylic oxidation sites excluding steroid dienone is 1. The van der Waals surface area contributed by atoms with Gasteiger partial charge in [-0.1, -0.05) is 26.5 Å². The van der Waals surface area contributed by atoms with Crippen LogP contribution in [0.3, 0.4) is 0 Å². The third-order valence-corrected chi connectivity index (χ3v) is 6.96. The molecule has 2 aromatic carbocycles. The highest BCUT2D eigenvalue weighted by Crippen LogP contribution is 2.32. The van der Waals surface area contributed by atoms with Crippen molar-refractivity contribution in [2.24, 2.45) is 0 Å². The fourth-order valence-corrected chi connectivity index (χ4v) is 4.64. The molecule has 11 heteroatoms. The van der Waals surface area contributed by atoms with E-state index in [2.05, 4.69) is 50.1 Å². The average molecular weight is 571 g/mol. The summed E-state index contributed by atoms with van der Waals surface area (Å²) in [5.41, 5.74) is 4.70. The summed E-state index contributed by atoms with van der Waals surface area (Å²) in [6, 6.07) is 13.7. The molecular weight excluding hydrogens is 532 g/mol. The molecular formula is C31H38N8O3. The molecule has 1 aliphatic heterocycles. The highest BCUT2D eigenvalue weighted by molar-refractivity contribution is 5.75. The van der Waals surface area contributed by atoms with Gasteiger partial charge < -0.3 is 25.2 Å². The van der Waals surface area contributed by atoms with Gasteiger partial charge in [-0.15, -0.1) is 0 Å². The maximum atomic E-state index is 13.6. The summed E-state index contributed by atoms with van der Waals surface area (Å²) in [4.78, 5) is 41.2. The average Bonchev–Trinajstić information content (AvgIpc) is 3.01. The summed E-state index contributed by atoms with van der Waals surface area (Å²) < 4.78 is 7.32. The molecule has 3 heterocycles. The normalized spacial score (nSPS) is 13.3. The van der Waals surface area contributed by atoms with Gasteiger partial charge in [0.2, 0.25) is 5.95 Å². The zero-order valence-corrected chi connectivity index (χ0v) is 24.8. The van der Waals surface area contributed by atoms with Gasteiger partial charge in [-0.25, -0.2) is 9.97 Å². The van der Waals surface area contributed by atoms with E-state index in [9.17, 15) is 4.79 Å².